The number of thiazole rings is 1. The predicted octanol–water partition coefficient (Wildman–Crippen LogP) is 2.61. The minimum absolute atomic E-state index is 0.324. The fraction of sp³-hybridized carbons (Fsp3) is 0.312. The van der Waals surface area contributed by atoms with Crippen LogP contribution in [0.5, 0.6) is 0 Å². The van der Waals surface area contributed by atoms with Crippen LogP contribution in [-0.4, -0.2) is 36.2 Å². The molecule has 2 heterocycles. The van der Waals surface area contributed by atoms with Crippen molar-refractivity contribution >= 4 is 28.3 Å². The highest BCUT2D eigenvalue weighted by Crippen LogP contribution is 2.25. The van der Waals surface area contributed by atoms with E-state index in [1.54, 1.807) is 17.5 Å². The van der Waals surface area contributed by atoms with Gasteiger partial charge in [-0.05, 0) is 37.1 Å². The van der Waals surface area contributed by atoms with E-state index in [-0.39, 0.29) is 12.4 Å². The zero-order valence-corrected chi connectivity index (χ0v) is 13.5. The Morgan fingerprint density at radius 2 is 2.17 bits per heavy atom. The first kappa shape index (κ1) is 16.5. The number of ether oxygens (including phenoxy) is 2. The van der Waals surface area contributed by atoms with Gasteiger partial charge in [0.2, 0.25) is 0 Å². The molecule has 1 aromatic heterocycles. The van der Waals surface area contributed by atoms with Gasteiger partial charge in [-0.15, -0.1) is 11.3 Å². The monoisotopic (exact) mass is 350 g/mol. The van der Waals surface area contributed by atoms with Crippen molar-refractivity contribution in [3.05, 3.63) is 35.5 Å². The van der Waals surface area contributed by atoms with Crippen molar-refractivity contribution in [3.63, 3.8) is 0 Å². The van der Waals surface area contributed by atoms with E-state index in [9.17, 15) is 14.0 Å². The van der Waals surface area contributed by atoms with Crippen LogP contribution in [0.4, 0.5) is 9.52 Å². The maximum atomic E-state index is 12.9. The molecule has 1 atom stereocenters. The van der Waals surface area contributed by atoms with E-state index in [1.165, 1.54) is 23.5 Å². The van der Waals surface area contributed by atoms with E-state index >= 15 is 0 Å². The van der Waals surface area contributed by atoms with Crippen LogP contribution in [0.3, 0.4) is 0 Å². The van der Waals surface area contributed by atoms with Crippen molar-refractivity contribution in [3.8, 4) is 11.3 Å². The summed E-state index contributed by atoms with van der Waals surface area (Å²) in [5.41, 5.74) is 1.38. The van der Waals surface area contributed by atoms with E-state index in [0.29, 0.717) is 23.9 Å². The van der Waals surface area contributed by atoms with Crippen LogP contribution in [0.2, 0.25) is 0 Å². The van der Waals surface area contributed by atoms with E-state index < -0.39 is 18.0 Å². The summed E-state index contributed by atoms with van der Waals surface area (Å²) < 4.78 is 23.0. The Morgan fingerprint density at radius 3 is 2.88 bits per heavy atom. The number of amides is 1. The third-order valence-electron chi connectivity index (χ3n) is 3.43. The summed E-state index contributed by atoms with van der Waals surface area (Å²) in [6.07, 6.45) is 0.869. The highest BCUT2D eigenvalue weighted by Gasteiger charge is 2.25. The molecule has 0 radical (unpaired) electrons. The highest BCUT2D eigenvalue weighted by atomic mass is 32.1. The smallest absolute Gasteiger partial charge is 0.335 e. The molecule has 0 saturated carbocycles. The van der Waals surface area contributed by atoms with Crippen LogP contribution in [0.15, 0.2) is 29.6 Å². The lowest BCUT2D eigenvalue weighted by Crippen LogP contribution is -2.27. The third kappa shape index (κ3) is 4.15. The maximum absolute atomic E-state index is 12.9. The summed E-state index contributed by atoms with van der Waals surface area (Å²) in [6.45, 7) is 0.154. The lowest BCUT2D eigenvalue weighted by Gasteiger charge is -2.08. The molecule has 1 aliphatic rings. The number of nitrogens with one attached hydrogen (secondary N) is 1. The number of anilines is 1. The molecule has 1 N–H and O–H groups in total. The van der Waals surface area contributed by atoms with Gasteiger partial charge in [-0.25, -0.2) is 14.2 Å². The van der Waals surface area contributed by atoms with Crippen LogP contribution < -0.4 is 5.32 Å². The van der Waals surface area contributed by atoms with Gasteiger partial charge < -0.3 is 9.47 Å². The predicted molar refractivity (Wildman–Crippen MR) is 86.1 cm³/mol. The number of halogens is 1. The summed E-state index contributed by atoms with van der Waals surface area (Å²) in [5.74, 6) is -1.31. The second-order valence-corrected chi connectivity index (χ2v) is 6.06. The Balaban J connectivity index is 1.51. The van der Waals surface area contributed by atoms with Crippen LogP contribution in [0.1, 0.15) is 12.8 Å². The van der Waals surface area contributed by atoms with Gasteiger partial charge in [0.05, 0.1) is 5.69 Å². The molecule has 1 saturated heterocycles. The number of hydrogen-bond acceptors (Lipinski definition) is 6. The van der Waals surface area contributed by atoms with Gasteiger partial charge in [0.1, 0.15) is 5.82 Å². The third-order valence-corrected chi connectivity index (χ3v) is 4.19. The number of carbonyl (C=O) groups excluding carboxylic acids is 2. The van der Waals surface area contributed by atoms with Crippen LogP contribution in [0.25, 0.3) is 11.3 Å². The van der Waals surface area contributed by atoms with Gasteiger partial charge in [0.25, 0.3) is 5.91 Å². The van der Waals surface area contributed by atoms with Crippen molar-refractivity contribution in [2.75, 3.05) is 18.5 Å². The SMILES string of the molecule is O=C(COC(=O)[C@@H]1CCCO1)Nc1nc(-c2ccc(F)cc2)cs1. The molecular weight excluding hydrogens is 335 g/mol. The van der Waals surface area contributed by atoms with E-state index in [1.807, 2.05) is 0 Å². The summed E-state index contributed by atoms with van der Waals surface area (Å²) in [4.78, 5) is 27.7. The lowest BCUT2D eigenvalue weighted by atomic mass is 10.2. The quantitative estimate of drug-likeness (QED) is 0.839. The van der Waals surface area contributed by atoms with Gasteiger partial charge in [-0.2, -0.15) is 0 Å². The van der Waals surface area contributed by atoms with Crippen LogP contribution >= 0.6 is 11.3 Å². The summed E-state index contributed by atoms with van der Waals surface area (Å²) in [7, 11) is 0. The number of aromatic nitrogens is 1. The minimum Gasteiger partial charge on any atom is -0.454 e. The highest BCUT2D eigenvalue weighted by molar-refractivity contribution is 7.14. The molecule has 126 valence electrons. The first-order chi connectivity index (χ1) is 11.6. The molecule has 0 aliphatic carbocycles. The molecule has 1 fully saturated rings. The minimum atomic E-state index is -0.567. The topological polar surface area (TPSA) is 77.5 Å². The molecule has 1 aromatic carbocycles. The molecule has 3 rings (SSSR count). The van der Waals surface area contributed by atoms with Crippen molar-refractivity contribution in [1.82, 2.24) is 4.98 Å². The number of rotatable bonds is 5. The number of carbonyl (C=O) groups is 2. The number of hydrogen-bond donors (Lipinski definition) is 1. The van der Waals surface area contributed by atoms with Crippen LogP contribution in [0, 0.1) is 5.82 Å². The zero-order chi connectivity index (χ0) is 16.9. The zero-order valence-electron chi connectivity index (χ0n) is 12.7. The summed E-state index contributed by atoms with van der Waals surface area (Å²) in [6, 6.07) is 5.91. The first-order valence-electron chi connectivity index (χ1n) is 7.41. The molecule has 1 aliphatic heterocycles. The van der Waals surface area contributed by atoms with Crippen LogP contribution in [-0.2, 0) is 19.1 Å². The molecule has 24 heavy (non-hydrogen) atoms. The number of esters is 1. The van der Waals surface area contributed by atoms with E-state index in [2.05, 4.69) is 10.3 Å². The van der Waals surface area contributed by atoms with Gasteiger partial charge in [-0.1, -0.05) is 0 Å². The van der Waals surface area contributed by atoms with Crippen molar-refractivity contribution in [1.29, 1.82) is 0 Å². The lowest BCUT2D eigenvalue weighted by molar-refractivity contribution is -0.156. The molecule has 0 spiro atoms. The number of benzene rings is 1. The van der Waals surface area contributed by atoms with Gasteiger partial charge >= 0.3 is 5.97 Å². The molecule has 1 amide bonds. The normalized spacial score (nSPS) is 16.8. The standard InChI is InChI=1S/C16H15FN2O4S/c17-11-5-3-10(4-6-11)12-9-24-16(18-12)19-14(20)8-23-15(21)13-2-1-7-22-13/h3-6,9,13H,1-2,7-8H2,(H,18,19,20)/t13-/m0/s1. The molecule has 8 heteroatoms. The fourth-order valence-electron chi connectivity index (χ4n) is 2.23. The van der Waals surface area contributed by atoms with E-state index in [0.717, 1.165) is 12.0 Å². The Bertz CT molecular complexity index is 726. The average Bonchev–Trinajstić information content (AvgIpc) is 3.25. The molecule has 6 nitrogen and oxygen atoms in total. The second-order valence-electron chi connectivity index (χ2n) is 5.20. The molecule has 2 aromatic rings. The van der Waals surface area contributed by atoms with Gasteiger partial charge in [0, 0.05) is 17.6 Å². The van der Waals surface area contributed by atoms with Crippen molar-refractivity contribution < 1.29 is 23.5 Å². The largest absolute Gasteiger partial charge is 0.454 e. The Labute approximate surface area is 141 Å². The second kappa shape index (κ2) is 7.50. The van der Waals surface area contributed by atoms with Crippen molar-refractivity contribution in [2.24, 2.45) is 0 Å². The maximum Gasteiger partial charge on any atom is 0.335 e. The van der Waals surface area contributed by atoms with Gasteiger partial charge in [0.15, 0.2) is 17.8 Å². The molecule has 0 unspecified atom stereocenters. The summed E-state index contributed by atoms with van der Waals surface area (Å²) >= 11 is 1.23. The fourth-order valence-corrected chi connectivity index (χ4v) is 2.97. The molecule has 0 bridgehead atoms. The average molecular weight is 350 g/mol. The van der Waals surface area contributed by atoms with E-state index in [4.69, 9.17) is 9.47 Å². The van der Waals surface area contributed by atoms with Crippen molar-refractivity contribution in [2.45, 2.75) is 18.9 Å². The van der Waals surface area contributed by atoms with Gasteiger partial charge in [-0.3, -0.25) is 10.1 Å². The first-order valence-corrected chi connectivity index (χ1v) is 8.29. The number of nitrogens with zero attached hydrogens (tertiary/aromatic N) is 1. The summed E-state index contributed by atoms with van der Waals surface area (Å²) in [5, 5.41) is 4.70. The Hall–Kier alpha value is -2.32. The Kier molecular flexibility index (Phi) is 5.17. The molecular formula is C16H15FN2O4S. The Morgan fingerprint density at radius 1 is 1.38 bits per heavy atom.